The Bertz CT molecular complexity index is 1150. The van der Waals surface area contributed by atoms with E-state index in [0.29, 0.717) is 24.6 Å². The maximum absolute atomic E-state index is 10.1. The molecule has 31 heavy (non-hydrogen) atoms. The molecule has 2 aromatic carbocycles. The molecule has 4 rings (SSSR count). The van der Waals surface area contributed by atoms with E-state index in [2.05, 4.69) is 23.1 Å². The Kier molecular flexibility index (Phi) is 5.30. The lowest BCUT2D eigenvalue weighted by molar-refractivity contribution is 0.235. The molecule has 3 atom stereocenters. The average molecular weight is 407 g/mol. The zero-order chi connectivity index (χ0) is 22.0. The smallest absolute Gasteiger partial charge is 0.189 e. The first-order valence-electron chi connectivity index (χ1n) is 10.1. The number of ether oxygens (including phenoxy) is 1. The number of rotatable bonds is 3. The molecule has 2 aromatic rings. The number of nitriles is 3. The van der Waals surface area contributed by atoms with Gasteiger partial charge >= 0.3 is 0 Å². The fraction of sp³-hybridized carbons (Fsp3) is 0.280. The summed E-state index contributed by atoms with van der Waals surface area (Å²) in [6.07, 6.45) is 1.98. The second-order valence-corrected chi connectivity index (χ2v) is 8.00. The van der Waals surface area contributed by atoms with Crippen molar-refractivity contribution in [3.8, 4) is 29.7 Å². The van der Waals surface area contributed by atoms with Crippen LogP contribution in [-0.4, -0.2) is 30.7 Å². The van der Waals surface area contributed by atoms with E-state index in [-0.39, 0.29) is 11.6 Å². The largest absolute Gasteiger partial charge is 0.457 e. The molecule has 0 aromatic heterocycles. The van der Waals surface area contributed by atoms with Crippen LogP contribution in [0.3, 0.4) is 0 Å². The van der Waals surface area contributed by atoms with Crippen molar-refractivity contribution >= 4 is 5.71 Å². The van der Waals surface area contributed by atoms with Gasteiger partial charge in [-0.25, -0.2) is 0 Å². The molecule has 1 unspecified atom stereocenters. The van der Waals surface area contributed by atoms with Crippen molar-refractivity contribution < 1.29 is 4.74 Å². The summed E-state index contributed by atoms with van der Waals surface area (Å²) in [5, 5.41) is 38.7. The summed E-state index contributed by atoms with van der Waals surface area (Å²) < 4.78 is 5.97. The van der Waals surface area contributed by atoms with Gasteiger partial charge in [-0.05, 0) is 42.4 Å². The molecule has 0 bridgehead atoms. The van der Waals surface area contributed by atoms with E-state index in [0.717, 1.165) is 11.1 Å². The third-order valence-electron chi connectivity index (χ3n) is 6.17. The van der Waals surface area contributed by atoms with E-state index in [4.69, 9.17) is 10.1 Å². The first-order chi connectivity index (χ1) is 15.0. The average Bonchev–Trinajstić information content (AvgIpc) is 2.79. The quantitative estimate of drug-likeness (QED) is 0.765. The van der Waals surface area contributed by atoms with Crippen LogP contribution in [0.5, 0.6) is 11.5 Å². The number of benzene rings is 2. The van der Waals surface area contributed by atoms with Gasteiger partial charge in [0, 0.05) is 24.9 Å². The van der Waals surface area contributed by atoms with Crippen molar-refractivity contribution in [2.45, 2.75) is 5.92 Å². The Morgan fingerprint density at radius 2 is 1.74 bits per heavy atom. The SMILES string of the molecule is CN1CC=C2C(C#N)C(=N)C(C#N)(C#N)[C@@H](c3cccc(Oc4ccccc4)c3)[C@@H]2C1. The molecule has 1 saturated carbocycles. The predicted molar refractivity (Wildman–Crippen MR) is 115 cm³/mol. The summed E-state index contributed by atoms with van der Waals surface area (Å²) in [5.74, 6) is -0.364. The first-order valence-corrected chi connectivity index (χ1v) is 10.1. The molecular weight excluding hydrogens is 386 g/mol. The number of fused-ring (bicyclic) bond motifs is 1. The summed E-state index contributed by atoms with van der Waals surface area (Å²) in [6.45, 7) is 1.28. The Balaban J connectivity index is 1.84. The molecule has 0 saturated heterocycles. The fourth-order valence-corrected chi connectivity index (χ4v) is 4.72. The van der Waals surface area contributed by atoms with E-state index < -0.39 is 17.3 Å². The Morgan fingerprint density at radius 1 is 1.03 bits per heavy atom. The van der Waals surface area contributed by atoms with Crippen molar-refractivity contribution in [1.82, 2.24) is 4.90 Å². The van der Waals surface area contributed by atoms with Crippen LogP contribution in [0, 0.1) is 56.7 Å². The minimum absolute atomic E-state index is 0.133. The standard InChI is InChI=1S/C25H21N5O/c1-30-11-10-20-21(13-26)24(29)25(15-27,16-28)23(22(20)14-30)17-6-5-9-19(12-17)31-18-7-3-2-4-8-18/h2-10,12,21-23,29H,11,14H2,1H3/t21?,22-,23+/m1/s1. The first kappa shape index (κ1) is 20.4. The number of nitrogens with zero attached hydrogens (tertiary/aromatic N) is 4. The molecule has 0 radical (unpaired) electrons. The molecule has 1 aliphatic heterocycles. The maximum Gasteiger partial charge on any atom is 0.189 e. The van der Waals surface area contributed by atoms with Gasteiger partial charge in [0.1, 0.15) is 17.4 Å². The van der Waals surface area contributed by atoms with Crippen molar-refractivity contribution in [3.63, 3.8) is 0 Å². The van der Waals surface area contributed by atoms with Crippen LogP contribution in [0.4, 0.5) is 0 Å². The van der Waals surface area contributed by atoms with E-state index in [1.54, 1.807) is 0 Å². The number of nitrogens with one attached hydrogen (secondary N) is 1. The van der Waals surface area contributed by atoms with Gasteiger partial charge in [-0.2, -0.15) is 15.8 Å². The van der Waals surface area contributed by atoms with Gasteiger partial charge in [0.2, 0.25) is 0 Å². The topological polar surface area (TPSA) is 108 Å². The monoisotopic (exact) mass is 407 g/mol. The van der Waals surface area contributed by atoms with Gasteiger partial charge in [0.15, 0.2) is 5.41 Å². The summed E-state index contributed by atoms with van der Waals surface area (Å²) in [6, 6.07) is 23.2. The highest BCUT2D eigenvalue weighted by Gasteiger charge is 2.57. The zero-order valence-corrected chi connectivity index (χ0v) is 17.1. The Labute approximate surface area is 181 Å². The second-order valence-electron chi connectivity index (χ2n) is 8.00. The molecule has 6 nitrogen and oxygen atoms in total. The van der Waals surface area contributed by atoms with Gasteiger partial charge in [-0.1, -0.05) is 36.4 Å². The van der Waals surface area contributed by atoms with E-state index in [9.17, 15) is 15.8 Å². The number of hydrogen-bond acceptors (Lipinski definition) is 6. The molecule has 0 amide bonds. The normalized spacial score (nSPS) is 24.6. The lowest BCUT2D eigenvalue weighted by Gasteiger charge is -2.47. The molecule has 0 spiro atoms. The zero-order valence-electron chi connectivity index (χ0n) is 17.1. The molecule has 6 heteroatoms. The molecule has 1 fully saturated rings. The minimum Gasteiger partial charge on any atom is -0.457 e. The van der Waals surface area contributed by atoms with Crippen LogP contribution in [0.2, 0.25) is 0 Å². The number of para-hydroxylation sites is 1. The van der Waals surface area contributed by atoms with Gasteiger partial charge < -0.3 is 15.0 Å². The van der Waals surface area contributed by atoms with Crippen molar-refractivity contribution in [2.75, 3.05) is 20.1 Å². The van der Waals surface area contributed by atoms with Crippen LogP contribution in [-0.2, 0) is 0 Å². The fourth-order valence-electron chi connectivity index (χ4n) is 4.72. The van der Waals surface area contributed by atoms with Crippen molar-refractivity contribution in [1.29, 1.82) is 21.2 Å². The lowest BCUT2D eigenvalue weighted by atomic mass is 9.54. The van der Waals surface area contributed by atoms with E-state index in [1.807, 2.05) is 67.7 Å². The highest BCUT2D eigenvalue weighted by Crippen LogP contribution is 2.53. The van der Waals surface area contributed by atoms with Crippen LogP contribution in [0.25, 0.3) is 0 Å². The summed E-state index contributed by atoms with van der Waals surface area (Å²) in [7, 11) is 1.97. The minimum atomic E-state index is -1.72. The summed E-state index contributed by atoms with van der Waals surface area (Å²) in [4.78, 5) is 2.11. The van der Waals surface area contributed by atoms with Crippen LogP contribution in [0.1, 0.15) is 11.5 Å². The van der Waals surface area contributed by atoms with Gasteiger partial charge in [0.25, 0.3) is 0 Å². The van der Waals surface area contributed by atoms with Gasteiger partial charge in [0.05, 0.1) is 23.9 Å². The summed E-state index contributed by atoms with van der Waals surface area (Å²) in [5.41, 5.74) is -0.257. The summed E-state index contributed by atoms with van der Waals surface area (Å²) >= 11 is 0. The number of likely N-dealkylation sites (N-methyl/N-ethyl adjacent to an activating group) is 1. The van der Waals surface area contributed by atoms with E-state index in [1.165, 1.54) is 0 Å². The van der Waals surface area contributed by atoms with Gasteiger partial charge in [-0.3, -0.25) is 0 Å². The molecule has 1 N–H and O–H groups in total. The third kappa shape index (κ3) is 3.36. The molecule has 1 heterocycles. The van der Waals surface area contributed by atoms with Crippen molar-refractivity contribution in [3.05, 3.63) is 71.8 Å². The highest BCUT2D eigenvalue weighted by molar-refractivity contribution is 6.00. The van der Waals surface area contributed by atoms with Gasteiger partial charge in [-0.15, -0.1) is 0 Å². The molecular formula is C25H21N5O. The maximum atomic E-state index is 10.1. The van der Waals surface area contributed by atoms with E-state index >= 15 is 0 Å². The van der Waals surface area contributed by atoms with Crippen molar-refractivity contribution in [2.24, 2.45) is 17.3 Å². The highest BCUT2D eigenvalue weighted by atomic mass is 16.5. The van der Waals surface area contributed by atoms with Crippen LogP contribution < -0.4 is 4.74 Å². The Morgan fingerprint density at radius 3 is 2.42 bits per heavy atom. The Hall–Kier alpha value is -3.92. The molecule has 2 aliphatic rings. The van der Waals surface area contributed by atoms with Crippen LogP contribution in [0.15, 0.2) is 66.2 Å². The molecule has 1 aliphatic carbocycles. The molecule has 152 valence electrons. The van der Waals surface area contributed by atoms with Crippen LogP contribution >= 0.6 is 0 Å². The second kappa shape index (κ2) is 8.07. The number of hydrogen-bond donors (Lipinski definition) is 1. The lowest BCUT2D eigenvalue weighted by Crippen LogP contribution is -2.52. The third-order valence-corrected chi connectivity index (χ3v) is 6.17. The predicted octanol–water partition coefficient (Wildman–Crippen LogP) is 4.26.